The fourth-order valence-corrected chi connectivity index (χ4v) is 3.45. The number of nitrogens with one attached hydrogen (secondary N) is 1. The smallest absolute Gasteiger partial charge is 0.261 e. The molecule has 1 amide bonds. The second kappa shape index (κ2) is 8.40. The first-order valence-electron chi connectivity index (χ1n) is 9.13. The number of aryl methyl sites for hydroxylation is 3. The molecule has 0 saturated heterocycles. The molecule has 1 aromatic heterocycles. The summed E-state index contributed by atoms with van der Waals surface area (Å²) in [7, 11) is 0. The average molecular weight is 395 g/mol. The van der Waals surface area contributed by atoms with Gasteiger partial charge in [0.15, 0.2) is 0 Å². The maximum atomic E-state index is 12.9. The van der Waals surface area contributed by atoms with Gasteiger partial charge in [0.2, 0.25) is 5.95 Å². The van der Waals surface area contributed by atoms with E-state index in [-0.39, 0.29) is 5.91 Å². The maximum absolute atomic E-state index is 12.9. The molecule has 3 aromatic rings. The van der Waals surface area contributed by atoms with Gasteiger partial charge in [-0.2, -0.15) is 0 Å². The molecule has 0 unspecified atom stereocenters. The fourth-order valence-electron chi connectivity index (χ4n) is 3.08. The summed E-state index contributed by atoms with van der Waals surface area (Å²) in [5.41, 5.74) is 5.25. The van der Waals surface area contributed by atoms with E-state index >= 15 is 0 Å². The second-order valence-electron chi connectivity index (χ2n) is 6.75. The van der Waals surface area contributed by atoms with E-state index in [0.717, 1.165) is 28.1 Å². The van der Waals surface area contributed by atoms with Gasteiger partial charge in [-0.3, -0.25) is 4.79 Å². The first-order chi connectivity index (χ1) is 13.4. The van der Waals surface area contributed by atoms with Gasteiger partial charge in [0.25, 0.3) is 5.91 Å². The van der Waals surface area contributed by atoms with Crippen LogP contribution in [0.2, 0.25) is 5.02 Å². The molecule has 0 radical (unpaired) electrons. The Labute approximate surface area is 170 Å². The van der Waals surface area contributed by atoms with Gasteiger partial charge in [0.05, 0.1) is 16.3 Å². The number of nitrogens with zero attached hydrogens (tertiary/aromatic N) is 3. The Morgan fingerprint density at radius 3 is 2.39 bits per heavy atom. The van der Waals surface area contributed by atoms with Crippen LogP contribution in [0, 0.1) is 20.8 Å². The quantitative estimate of drug-likeness (QED) is 0.623. The lowest BCUT2D eigenvalue weighted by Crippen LogP contribution is -2.30. The lowest BCUT2D eigenvalue weighted by molar-refractivity contribution is 0.0987. The third-order valence-electron chi connectivity index (χ3n) is 4.44. The number of rotatable bonds is 5. The van der Waals surface area contributed by atoms with Crippen molar-refractivity contribution in [2.24, 2.45) is 0 Å². The molecule has 0 fully saturated rings. The molecule has 0 aliphatic heterocycles. The van der Waals surface area contributed by atoms with E-state index in [4.69, 9.17) is 11.6 Å². The SMILES string of the molecule is CCN(C(=O)c1cnc(Nc2c(C)cc(C)cc2Cl)nc1)c1cccc(C)c1. The predicted molar refractivity (Wildman–Crippen MR) is 115 cm³/mol. The molecule has 0 aliphatic carbocycles. The number of amides is 1. The molecule has 6 heteroatoms. The Bertz CT molecular complexity index is 979. The van der Waals surface area contributed by atoms with Crippen molar-refractivity contribution in [3.63, 3.8) is 0 Å². The Balaban J connectivity index is 1.81. The molecule has 0 spiro atoms. The summed E-state index contributed by atoms with van der Waals surface area (Å²) >= 11 is 6.33. The number of carbonyl (C=O) groups excluding carboxylic acids is 1. The van der Waals surface area contributed by atoms with Crippen LogP contribution in [0.3, 0.4) is 0 Å². The van der Waals surface area contributed by atoms with Crippen LogP contribution in [0.1, 0.15) is 34.0 Å². The summed E-state index contributed by atoms with van der Waals surface area (Å²) in [6.07, 6.45) is 3.07. The first-order valence-corrected chi connectivity index (χ1v) is 9.51. The van der Waals surface area contributed by atoms with Crippen molar-refractivity contribution in [1.82, 2.24) is 9.97 Å². The van der Waals surface area contributed by atoms with Crippen LogP contribution in [0.4, 0.5) is 17.3 Å². The van der Waals surface area contributed by atoms with E-state index in [1.807, 2.05) is 64.1 Å². The number of hydrogen-bond acceptors (Lipinski definition) is 4. The minimum atomic E-state index is -0.135. The summed E-state index contributed by atoms with van der Waals surface area (Å²) < 4.78 is 0. The monoisotopic (exact) mass is 394 g/mol. The third-order valence-corrected chi connectivity index (χ3v) is 4.74. The number of benzene rings is 2. The molecule has 2 aromatic carbocycles. The molecule has 28 heavy (non-hydrogen) atoms. The number of carbonyl (C=O) groups is 1. The topological polar surface area (TPSA) is 58.1 Å². The van der Waals surface area contributed by atoms with Gasteiger partial charge < -0.3 is 10.2 Å². The molecule has 1 N–H and O–H groups in total. The van der Waals surface area contributed by atoms with Gasteiger partial charge in [0, 0.05) is 24.6 Å². The van der Waals surface area contributed by atoms with Gasteiger partial charge in [-0.15, -0.1) is 0 Å². The van der Waals surface area contributed by atoms with E-state index in [2.05, 4.69) is 15.3 Å². The molecule has 144 valence electrons. The minimum absolute atomic E-state index is 0.135. The lowest BCUT2D eigenvalue weighted by Gasteiger charge is -2.21. The van der Waals surface area contributed by atoms with Crippen LogP contribution in [-0.4, -0.2) is 22.4 Å². The highest BCUT2D eigenvalue weighted by molar-refractivity contribution is 6.33. The number of aromatic nitrogens is 2. The van der Waals surface area contributed by atoms with Gasteiger partial charge in [-0.1, -0.05) is 29.8 Å². The summed E-state index contributed by atoms with van der Waals surface area (Å²) in [6.45, 7) is 8.47. The van der Waals surface area contributed by atoms with Crippen LogP contribution in [0.5, 0.6) is 0 Å². The Kier molecular flexibility index (Phi) is 5.95. The van der Waals surface area contributed by atoms with Crippen LogP contribution in [0.15, 0.2) is 48.8 Å². The van der Waals surface area contributed by atoms with Crippen LogP contribution in [0.25, 0.3) is 0 Å². The van der Waals surface area contributed by atoms with Crippen molar-refractivity contribution in [3.8, 4) is 0 Å². The maximum Gasteiger partial charge on any atom is 0.261 e. The predicted octanol–water partition coefficient (Wildman–Crippen LogP) is 5.47. The summed E-state index contributed by atoms with van der Waals surface area (Å²) in [6, 6.07) is 11.8. The molecule has 1 heterocycles. The normalized spacial score (nSPS) is 10.6. The van der Waals surface area contributed by atoms with Gasteiger partial charge in [-0.05, 0) is 62.6 Å². The zero-order valence-corrected chi connectivity index (χ0v) is 17.2. The van der Waals surface area contributed by atoms with E-state index in [1.165, 1.54) is 12.4 Å². The average Bonchev–Trinajstić information content (AvgIpc) is 2.66. The van der Waals surface area contributed by atoms with Crippen LogP contribution in [-0.2, 0) is 0 Å². The van der Waals surface area contributed by atoms with Crippen molar-refractivity contribution in [1.29, 1.82) is 0 Å². The molecule has 0 bridgehead atoms. The molecular formula is C22H23ClN4O. The van der Waals surface area contributed by atoms with Gasteiger partial charge in [0.1, 0.15) is 0 Å². The molecule has 0 aliphatic rings. The third kappa shape index (κ3) is 4.31. The van der Waals surface area contributed by atoms with E-state index in [1.54, 1.807) is 4.90 Å². The molecular weight excluding hydrogens is 372 g/mol. The van der Waals surface area contributed by atoms with Crippen LogP contribution >= 0.6 is 11.6 Å². The highest BCUT2D eigenvalue weighted by atomic mass is 35.5. The standard InChI is InChI=1S/C22H23ClN4O/c1-5-27(18-8-6-7-14(2)10-18)21(28)17-12-24-22(25-13-17)26-20-16(4)9-15(3)11-19(20)23/h6-13H,5H2,1-4H3,(H,24,25,26). The van der Waals surface area contributed by atoms with Crippen molar-refractivity contribution in [2.45, 2.75) is 27.7 Å². The van der Waals surface area contributed by atoms with Gasteiger partial charge >= 0.3 is 0 Å². The summed E-state index contributed by atoms with van der Waals surface area (Å²) in [5.74, 6) is 0.258. The number of anilines is 3. The van der Waals surface area contributed by atoms with Crippen LogP contribution < -0.4 is 10.2 Å². The van der Waals surface area contributed by atoms with Crippen molar-refractivity contribution >= 4 is 34.8 Å². The van der Waals surface area contributed by atoms with Crippen molar-refractivity contribution in [3.05, 3.63) is 76.1 Å². The Morgan fingerprint density at radius 2 is 1.79 bits per heavy atom. The zero-order valence-electron chi connectivity index (χ0n) is 16.5. The number of hydrogen-bond donors (Lipinski definition) is 1. The summed E-state index contributed by atoms with van der Waals surface area (Å²) in [4.78, 5) is 23.2. The summed E-state index contributed by atoms with van der Waals surface area (Å²) in [5, 5.41) is 3.75. The number of halogens is 1. The molecule has 0 saturated carbocycles. The van der Waals surface area contributed by atoms with Crippen molar-refractivity contribution in [2.75, 3.05) is 16.8 Å². The first kappa shape index (κ1) is 19.8. The Hall–Kier alpha value is -2.92. The molecule has 5 nitrogen and oxygen atoms in total. The second-order valence-corrected chi connectivity index (χ2v) is 7.15. The highest BCUT2D eigenvalue weighted by Crippen LogP contribution is 2.29. The fraction of sp³-hybridized carbons (Fsp3) is 0.227. The van der Waals surface area contributed by atoms with E-state index in [0.29, 0.717) is 23.1 Å². The molecule has 0 atom stereocenters. The van der Waals surface area contributed by atoms with Crippen molar-refractivity contribution < 1.29 is 4.79 Å². The largest absolute Gasteiger partial charge is 0.323 e. The van der Waals surface area contributed by atoms with E-state index in [9.17, 15) is 4.79 Å². The van der Waals surface area contributed by atoms with Gasteiger partial charge in [-0.25, -0.2) is 9.97 Å². The minimum Gasteiger partial charge on any atom is -0.323 e. The highest BCUT2D eigenvalue weighted by Gasteiger charge is 2.17. The lowest BCUT2D eigenvalue weighted by atomic mass is 10.1. The Morgan fingerprint density at radius 1 is 1.07 bits per heavy atom. The van der Waals surface area contributed by atoms with E-state index < -0.39 is 0 Å². The zero-order chi connectivity index (χ0) is 20.3. The molecule has 3 rings (SSSR count).